The van der Waals surface area contributed by atoms with Crippen LogP contribution >= 0.6 is 0 Å². The van der Waals surface area contributed by atoms with Crippen LogP contribution in [0.5, 0.6) is 0 Å². The number of aromatic nitrogens is 2. The molecule has 0 spiro atoms. The first-order valence-corrected chi connectivity index (χ1v) is 11.7. The monoisotopic (exact) mass is 411 g/mol. The van der Waals surface area contributed by atoms with Gasteiger partial charge in [0.15, 0.2) is 5.96 Å². The summed E-state index contributed by atoms with van der Waals surface area (Å²) in [4.78, 5) is 6.50. The number of nitrogens with two attached hydrogens (primary N) is 1. The summed E-state index contributed by atoms with van der Waals surface area (Å²) >= 11 is 0. The molecule has 6 heteroatoms. The smallest absolute Gasteiger partial charge is 0.231 e. The molecule has 6 nitrogen and oxygen atoms in total. The fraction of sp³-hybridized carbons (Fsp3) is 0.625. The summed E-state index contributed by atoms with van der Waals surface area (Å²) in [6, 6.07) is 8.56. The number of nitrogens with one attached hydrogen (secondary N) is 1. The molecule has 2 aromatic rings. The van der Waals surface area contributed by atoms with Crippen molar-refractivity contribution in [2.45, 2.75) is 83.5 Å². The van der Waals surface area contributed by atoms with Gasteiger partial charge in [-0.2, -0.15) is 4.98 Å². The lowest BCUT2D eigenvalue weighted by Gasteiger charge is -2.30. The molecule has 0 radical (unpaired) electrons. The molecule has 164 valence electrons. The molecule has 0 amide bonds. The Hall–Kier alpha value is -2.37. The summed E-state index contributed by atoms with van der Waals surface area (Å²) in [6.07, 6.45) is 13.9. The first-order chi connectivity index (χ1) is 14.7. The lowest BCUT2D eigenvalue weighted by atomic mass is 9.98. The maximum absolute atomic E-state index is 7.64. The number of aryl methyl sites for hydroxylation is 1. The Morgan fingerprint density at radius 1 is 1.10 bits per heavy atom. The van der Waals surface area contributed by atoms with Crippen molar-refractivity contribution in [3.63, 3.8) is 0 Å². The highest BCUT2D eigenvalue weighted by Gasteiger charge is 2.26. The number of guanidine groups is 1. The first-order valence-electron chi connectivity index (χ1n) is 11.7. The Bertz CT molecular complexity index is 770. The molecule has 1 aliphatic heterocycles. The van der Waals surface area contributed by atoms with Crippen LogP contribution in [0.3, 0.4) is 0 Å². The van der Waals surface area contributed by atoms with E-state index in [2.05, 4.69) is 41.3 Å². The highest BCUT2D eigenvalue weighted by atomic mass is 16.5. The molecule has 30 heavy (non-hydrogen) atoms. The van der Waals surface area contributed by atoms with Crippen molar-refractivity contribution >= 4 is 5.96 Å². The van der Waals surface area contributed by atoms with Crippen LogP contribution in [-0.2, 0) is 6.42 Å². The summed E-state index contributed by atoms with van der Waals surface area (Å²) in [5.41, 5.74) is 8.00. The topological polar surface area (TPSA) is 92.0 Å². The Morgan fingerprint density at radius 2 is 1.80 bits per heavy atom. The van der Waals surface area contributed by atoms with Crippen LogP contribution in [0.25, 0.3) is 11.4 Å². The largest absolute Gasteiger partial charge is 0.370 e. The Kier molecular flexibility index (Phi) is 8.72. The summed E-state index contributed by atoms with van der Waals surface area (Å²) in [5, 5.41) is 11.8. The van der Waals surface area contributed by atoms with Gasteiger partial charge in [-0.3, -0.25) is 5.41 Å². The zero-order valence-corrected chi connectivity index (χ0v) is 18.4. The van der Waals surface area contributed by atoms with Gasteiger partial charge in [0.25, 0.3) is 0 Å². The molecule has 1 fully saturated rings. The van der Waals surface area contributed by atoms with Crippen molar-refractivity contribution in [2.75, 3.05) is 13.1 Å². The van der Waals surface area contributed by atoms with Gasteiger partial charge >= 0.3 is 0 Å². The van der Waals surface area contributed by atoms with Crippen LogP contribution in [0, 0.1) is 5.41 Å². The van der Waals surface area contributed by atoms with Gasteiger partial charge in [-0.05, 0) is 31.2 Å². The van der Waals surface area contributed by atoms with E-state index in [-0.39, 0.29) is 11.9 Å². The van der Waals surface area contributed by atoms with Crippen molar-refractivity contribution in [3.8, 4) is 11.4 Å². The minimum atomic E-state index is 0.117. The van der Waals surface area contributed by atoms with Gasteiger partial charge in [0.2, 0.25) is 11.7 Å². The van der Waals surface area contributed by atoms with Crippen LogP contribution < -0.4 is 5.73 Å². The van der Waals surface area contributed by atoms with E-state index < -0.39 is 0 Å². The van der Waals surface area contributed by atoms with Crippen LogP contribution in [0.1, 0.15) is 88.5 Å². The normalized spacial score (nSPS) is 16.7. The van der Waals surface area contributed by atoms with Gasteiger partial charge in [0.05, 0.1) is 5.92 Å². The van der Waals surface area contributed by atoms with Crippen LogP contribution in [-0.4, -0.2) is 34.1 Å². The molecule has 0 saturated carbocycles. The molecule has 3 rings (SSSR count). The van der Waals surface area contributed by atoms with Gasteiger partial charge in [0.1, 0.15) is 0 Å². The number of likely N-dealkylation sites (tertiary alicyclic amines) is 1. The van der Waals surface area contributed by atoms with Gasteiger partial charge in [-0.25, -0.2) is 0 Å². The maximum Gasteiger partial charge on any atom is 0.231 e. The lowest BCUT2D eigenvalue weighted by molar-refractivity contribution is 0.257. The van der Waals surface area contributed by atoms with E-state index in [0.717, 1.165) is 31.4 Å². The van der Waals surface area contributed by atoms with Gasteiger partial charge in [-0.15, -0.1) is 0 Å². The third kappa shape index (κ3) is 6.57. The second-order valence-corrected chi connectivity index (χ2v) is 8.55. The summed E-state index contributed by atoms with van der Waals surface area (Å²) < 4.78 is 5.54. The minimum absolute atomic E-state index is 0.117. The maximum atomic E-state index is 7.64. The fourth-order valence-electron chi connectivity index (χ4n) is 4.20. The fourth-order valence-corrected chi connectivity index (χ4v) is 4.20. The van der Waals surface area contributed by atoms with Gasteiger partial charge in [-0.1, -0.05) is 81.3 Å². The van der Waals surface area contributed by atoms with Crippen molar-refractivity contribution in [1.29, 1.82) is 5.41 Å². The second-order valence-electron chi connectivity index (χ2n) is 8.55. The van der Waals surface area contributed by atoms with Crippen LogP contribution in [0.4, 0.5) is 0 Å². The van der Waals surface area contributed by atoms with Gasteiger partial charge in [0, 0.05) is 18.7 Å². The molecule has 2 heterocycles. The number of nitrogens with zero attached hydrogens (tertiary/aromatic N) is 3. The predicted molar refractivity (Wildman–Crippen MR) is 122 cm³/mol. The Morgan fingerprint density at radius 3 is 2.50 bits per heavy atom. The molecule has 1 aromatic carbocycles. The van der Waals surface area contributed by atoms with E-state index in [1.165, 1.54) is 56.9 Å². The molecular formula is C24H37N5O. The van der Waals surface area contributed by atoms with E-state index in [9.17, 15) is 0 Å². The molecule has 0 aliphatic carbocycles. The number of benzene rings is 1. The molecule has 1 saturated heterocycles. The van der Waals surface area contributed by atoms with Crippen molar-refractivity contribution < 1.29 is 4.52 Å². The van der Waals surface area contributed by atoms with Gasteiger partial charge < -0.3 is 15.2 Å². The molecule has 1 aromatic heterocycles. The lowest BCUT2D eigenvalue weighted by Crippen LogP contribution is -2.42. The van der Waals surface area contributed by atoms with Crippen molar-refractivity contribution in [1.82, 2.24) is 15.0 Å². The van der Waals surface area contributed by atoms with Crippen molar-refractivity contribution in [2.24, 2.45) is 5.73 Å². The average Bonchev–Trinajstić information content (AvgIpc) is 3.26. The summed E-state index contributed by atoms with van der Waals surface area (Å²) in [7, 11) is 0. The van der Waals surface area contributed by atoms with E-state index in [1.54, 1.807) is 0 Å². The van der Waals surface area contributed by atoms with E-state index in [4.69, 9.17) is 15.7 Å². The Labute approximate surface area is 180 Å². The predicted octanol–water partition coefficient (Wildman–Crippen LogP) is 5.49. The minimum Gasteiger partial charge on any atom is -0.370 e. The molecule has 0 bridgehead atoms. The highest BCUT2D eigenvalue weighted by molar-refractivity contribution is 5.74. The molecule has 0 unspecified atom stereocenters. The molecule has 1 aliphatic rings. The van der Waals surface area contributed by atoms with E-state index in [0.29, 0.717) is 18.3 Å². The standard InChI is InChI=1S/C24H37N5O/c1-2-3-4-5-6-7-8-9-11-19-13-15-20(16-14-19)22-27-23(30-28-22)21-12-10-17-29(18-21)24(25)26/h13-16,21H,2-12,17-18H2,1H3,(H3,25,26)/t21-/m0/s1. The number of hydrogen-bond donors (Lipinski definition) is 2. The molecular weight excluding hydrogens is 374 g/mol. The molecule has 1 atom stereocenters. The zero-order valence-electron chi connectivity index (χ0n) is 18.4. The average molecular weight is 412 g/mol. The van der Waals surface area contributed by atoms with Crippen LogP contribution in [0.2, 0.25) is 0 Å². The zero-order chi connectivity index (χ0) is 21.2. The number of unbranched alkanes of at least 4 members (excludes halogenated alkanes) is 7. The number of hydrogen-bond acceptors (Lipinski definition) is 4. The Balaban J connectivity index is 1.44. The van der Waals surface area contributed by atoms with Crippen LogP contribution in [0.15, 0.2) is 28.8 Å². The SMILES string of the molecule is CCCCCCCCCCc1ccc(-c2noc([C@H]3CCCN(C(=N)N)C3)n2)cc1. The summed E-state index contributed by atoms with van der Waals surface area (Å²) in [5.74, 6) is 1.55. The summed E-state index contributed by atoms with van der Waals surface area (Å²) in [6.45, 7) is 3.77. The first kappa shape index (κ1) is 22.3. The number of rotatable bonds is 11. The third-order valence-electron chi connectivity index (χ3n) is 6.08. The number of piperidine rings is 1. The van der Waals surface area contributed by atoms with E-state index in [1.807, 2.05) is 4.90 Å². The quantitative estimate of drug-likeness (QED) is 0.290. The van der Waals surface area contributed by atoms with E-state index >= 15 is 0 Å². The third-order valence-corrected chi connectivity index (χ3v) is 6.08. The highest BCUT2D eigenvalue weighted by Crippen LogP contribution is 2.27. The molecule has 3 N–H and O–H groups in total. The second kappa shape index (κ2) is 11.7. The van der Waals surface area contributed by atoms with Crippen molar-refractivity contribution in [3.05, 3.63) is 35.7 Å².